The second-order valence-corrected chi connectivity index (χ2v) is 29.6. The second kappa shape index (κ2) is 34.2. The monoisotopic (exact) mass is 917 g/mol. The Labute approximate surface area is 407 Å². The van der Waals surface area contributed by atoms with Crippen molar-refractivity contribution in [2.45, 2.75) is 326 Å². The number of hydrogen-bond donors (Lipinski definition) is 0. The van der Waals surface area contributed by atoms with Crippen LogP contribution in [-0.2, 0) is 23.7 Å². The van der Waals surface area contributed by atoms with Crippen molar-refractivity contribution < 1.29 is 23.7 Å². The molecule has 0 fully saturated rings. The number of rotatable bonds is 19. The van der Waals surface area contributed by atoms with E-state index in [2.05, 4.69) is 208 Å². The Hall–Kier alpha value is -0.200. The van der Waals surface area contributed by atoms with E-state index in [4.69, 9.17) is 23.7 Å². The van der Waals surface area contributed by atoms with Crippen LogP contribution in [0, 0.1) is 27.1 Å². The summed E-state index contributed by atoms with van der Waals surface area (Å²) in [6.07, 6.45) is 17.9. The van der Waals surface area contributed by atoms with Gasteiger partial charge in [-0.3, -0.25) is 0 Å². The standard InChI is InChI=1S/C14H30O.C13H28O.C12H26O.C11H24O.C9H20O/c1-13(2,3)11-9-7-8-10-12-15-14(4,5)6;1-12(2,3)10-8-7-9-11-14-13(4,5)6;1-11(2,3)9-7-8-10-13-12(4,5)6;1-10(2,3)8-7-9-12-11(4,5)6;1-8(2,3)7-10-9(4,5)6/h7-12H2,1-6H3;7-11H2,1-6H3;7-10H2,1-6H3;7-9H2,1-6H3;7H2,1-6H3. The van der Waals surface area contributed by atoms with Gasteiger partial charge in [-0.15, -0.1) is 0 Å². The molecular weight excluding hydrogens is 789 g/mol. The summed E-state index contributed by atoms with van der Waals surface area (Å²) in [7, 11) is 0. The third-order valence-corrected chi connectivity index (χ3v) is 8.86. The molecule has 0 radical (unpaired) electrons. The van der Waals surface area contributed by atoms with Crippen LogP contribution in [0.2, 0.25) is 0 Å². The first-order valence-electron chi connectivity index (χ1n) is 26.2. The van der Waals surface area contributed by atoms with Crippen LogP contribution >= 0.6 is 0 Å². The molecule has 0 aromatic heterocycles. The number of ether oxygens (including phenoxy) is 5. The maximum absolute atomic E-state index is 5.68. The van der Waals surface area contributed by atoms with Crippen LogP contribution in [0.1, 0.15) is 298 Å². The molecule has 0 aromatic carbocycles. The van der Waals surface area contributed by atoms with Gasteiger partial charge in [0.25, 0.3) is 0 Å². The molecule has 5 nitrogen and oxygen atoms in total. The highest BCUT2D eigenvalue weighted by Crippen LogP contribution is 2.25. The lowest BCUT2D eigenvalue weighted by Crippen LogP contribution is -2.26. The van der Waals surface area contributed by atoms with Crippen LogP contribution < -0.4 is 0 Å². The van der Waals surface area contributed by atoms with E-state index in [0.717, 1.165) is 33.0 Å². The third kappa shape index (κ3) is 95.9. The highest BCUT2D eigenvalue weighted by Gasteiger charge is 2.17. The van der Waals surface area contributed by atoms with Crippen molar-refractivity contribution in [1.29, 1.82) is 0 Å². The van der Waals surface area contributed by atoms with Crippen molar-refractivity contribution in [2.24, 2.45) is 27.1 Å². The molecule has 64 heavy (non-hydrogen) atoms. The quantitative estimate of drug-likeness (QED) is 0.121. The Kier molecular flexibility index (Phi) is 38.8. The summed E-state index contributed by atoms with van der Waals surface area (Å²) >= 11 is 0. The van der Waals surface area contributed by atoms with E-state index in [0.29, 0.717) is 21.7 Å². The normalized spacial score (nSPS) is 13.4. The minimum atomic E-state index is 0.00722. The minimum absolute atomic E-state index is 0.00722. The third-order valence-electron chi connectivity index (χ3n) is 8.86. The SMILES string of the molecule is CC(C)(C)CCCCCCOC(C)(C)C.CC(C)(C)CCCCCOC(C)(C)C.CC(C)(C)CCCCOC(C)(C)C.CC(C)(C)CCCOC(C)(C)C.CC(C)(C)COC(C)(C)C. The summed E-state index contributed by atoms with van der Waals surface area (Å²) in [5.41, 5.74) is 2.32. The molecule has 0 unspecified atom stereocenters. The van der Waals surface area contributed by atoms with Crippen molar-refractivity contribution in [3.8, 4) is 0 Å². The Morgan fingerprint density at radius 3 is 0.594 bits per heavy atom. The first-order valence-corrected chi connectivity index (χ1v) is 26.2. The molecular formula is C59H128O5. The maximum atomic E-state index is 5.68. The van der Waals surface area contributed by atoms with E-state index in [-0.39, 0.29) is 33.4 Å². The van der Waals surface area contributed by atoms with Crippen LogP contribution in [0.3, 0.4) is 0 Å². The summed E-state index contributed by atoms with van der Waals surface area (Å²) in [5.74, 6) is 0. The summed E-state index contributed by atoms with van der Waals surface area (Å²) in [6.45, 7) is 70.1. The topological polar surface area (TPSA) is 46.2 Å². The molecule has 0 aromatic rings. The molecule has 0 aliphatic rings. The fraction of sp³-hybridized carbons (Fsp3) is 1.00. The van der Waals surface area contributed by atoms with Gasteiger partial charge in [0.2, 0.25) is 0 Å². The van der Waals surface area contributed by atoms with E-state index in [1.54, 1.807) is 0 Å². The molecule has 0 bridgehead atoms. The van der Waals surface area contributed by atoms with Crippen LogP contribution in [0.25, 0.3) is 0 Å². The van der Waals surface area contributed by atoms with Crippen LogP contribution in [0.5, 0.6) is 0 Å². The molecule has 0 aliphatic heterocycles. The van der Waals surface area contributed by atoms with E-state index < -0.39 is 0 Å². The number of hydrogen-bond acceptors (Lipinski definition) is 5. The number of unbranched alkanes of at least 4 members (excludes halogenated alkanes) is 6. The summed E-state index contributed by atoms with van der Waals surface area (Å²) in [6, 6.07) is 0. The fourth-order valence-corrected chi connectivity index (χ4v) is 5.35. The predicted molar refractivity (Wildman–Crippen MR) is 290 cm³/mol. The van der Waals surface area contributed by atoms with Crippen molar-refractivity contribution in [3.63, 3.8) is 0 Å². The van der Waals surface area contributed by atoms with Gasteiger partial charge in [-0.05, 0) is 182 Å². The van der Waals surface area contributed by atoms with Gasteiger partial charge in [-0.1, -0.05) is 142 Å². The molecule has 0 aliphatic carbocycles. The molecule has 0 spiro atoms. The smallest absolute Gasteiger partial charge is 0.0598 e. The highest BCUT2D eigenvalue weighted by atomic mass is 16.5. The zero-order valence-electron chi connectivity index (χ0n) is 50.5. The largest absolute Gasteiger partial charge is 0.376 e. The van der Waals surface area contributed by atoms with Gasteiger partial charge < -0.3 is 23.7 Å². The van der Waals surface area contributed by atoms with E-state index in [9.17, 15) is 0 Å². The van der Waals surface area contributed by atoms with Gasteiger partial charge in [-0.25, -0.2) is 0 Å². The van der Waals surface area contributed by atoms with Gasteiger partial charge in [-0.2, -0.15) is 0 Å². The molecule has 0 atom stereocenters. The zero-order chi connectivity index (χ0) is 52.0. The van der Waals surface area contributed by atoms with Gasteiger partial charge in [0.1, 0.15) is 0 Å². The molecule has 0 rings (SSSR count). The summed E-state index contributed by atoms with van der Waals surface area (Å²) in [4.78, 5) is 0. The van der Waals surface area contributed by atoms with Crippen molar-refractivity contribution >= 4 is 0 Å². The van der Waals surface area contributed by atoms with Crippen LogP contribution in [0.4, 0.5) is 0 Å². The van der Waals surface area contributed by atoms with Gasteiger partial charge in [0.15, 0.2) is 0 Å². The molecule has 0 saturated heterocycles. The van der Waals surface area contributed by atoms with Crippen molar-refractivity contribution in [3.05, 3.63) is 0 Å². The van der Waals surface area contributed by atoms with Gasteiger partial charge in [0, 0.05) is 26.4 Å². The predicted octanol–water partition coefficient (Wildman–Crippen LogP) is 19.7. The lowest BCUT2D eigenvalue weighted by Gasteiger charge is -2.26. The fourth-order valence-electron chi connectivity index (χ4n) is 5.35. The Morgan fingerprint density at radius 1 is 0.188 bits per heavy atom. The molecule has 0 amide bonds. The average molecular weight is 918 g/mol. The van der Waals surface area contributed by atoms with E-state index in [1.165, 1.54) is 89.9 Å². The van der Waals surface area contributed by atoms with E-state index >= 15 is 0 Å². The Morgan fingerprint density at radius 2 is 0.375 bits per heavy atom. The second-order valence-electron chi connectivity index (χ2n) is 29.6. The van der Waals surface area contributed by atoms with Gasteiger partial charge in [0.05, 0.1) is 34.6 Å². The minimum Gasteiger partial charge on any atom is -0.376 e. The van der Waals surface area contributed by atoms with Gasteiger partial charge >= 0.3 is 0 Å². The highest BCUT2D eigenvalue weighted by molar-refractivity contribution is 4.67. The lowest BCUT2D eigenvalue weighted by atomic mass is 9.89. The molecule has 0 heterocycles. The van der Waals surface area contributed by atoms with Crippen molar-refractivity contribution in [1.82, 2.24) is 0 Å². The first-order chi connectivity index (χ1) is 28.0. The molecule has 5 heteroatoms. The van der Waals surface area contributed by atoms with Crippen molar-refractivity contribution in [2.75, 3.05) is 33.0 Å². The summed E-state index contributed by atoms with van der Waals surface area (Å²) in [5, 5.41) is 0. The first kappa shape index (κ1) is 72.8. The zero-order valence-corrected chi connectivity index (χ0v) is 50.5. The lowest BCUT2D eigenvalue weighted by molar-refractivity contribution is -0.0382. The summed E-state index contributed by atoms with van der Waals surface area (Å²) < 4.78 is 28.2. The maximum Gasteiger partial charge on any atom is 0.0598 e. The molecule has 0 N–H and O–H groups in total. The average Bonchev–Trinajstić information content (AvgIpc) is 3.00. The van der Waals surface area contributed by atoms with Crippen LogP contribution in [0.15, 0.2) is 0 Å². The molecule has 394 valence electrons. The van der Waals surface area contributed by atoms with Crippen LogP contribution in [-0.4, -0.2) is 61.0 Å². The Bertz CT molecular complexity index is 922. The molecule has 0 saturated carbocycles. The van der Waals surface area contributed by atoms with E-state index in [1.807, 2.05) is 0 Å². The Balaban J connectivity index is -0.000000228.